The first kappa shape index (κ1) is 15.5. The monoisotopic (exact) mass is 357 g/mol. The summed E-state index contributed by atoms with van der Waals surface area (Å²) < 4.78 is 28.0. The Morgan fingerprint density at radius 2 is 1.96 bits per heavy atom. The van der Waals surface area contributed by atoms with Crippen molar-refractivity contribution in [2.45, 2.75) is 11.8 Å². The molecule has 4 rings (SSSR count). The lowest BCUT2D eigenvalue weighted by atomic mass is 10.1. The molecule has 0 radical (unpaired) electrons. The van der Waals surface area contributed by atoms with Crippen LogP contribution in [-0.2, 0) is 16.9 Å². The molecule has 8 heteroatoms. The summed E-state index contributed by atoms with van der Waals surface area (Å²) in [6.07, 6.45) is 1.64. The molecule has 0 saturated carbocycles. The number of hydrogen-bond acceptors (Lipinski definition) is 5. The maximum absolute atomic E-state index is 12.7. The number of nitrogens with one attached hydrogen (secondary N) is 1. The van der Waals surface area contributed by atoms with Crippen LogP contribution in [0.3, 0.4) is 0 Å². The topological polar surface area (TPSA) is 92.8 Å². The molecular weight excluding hydrogens is 342 g/mol. The highest BCUT2D eigenvalue weighted by molar-refractivity contribution is 7.94. The predicted octanol–water partition coefficient (Wildman–Crippen LogP) is 1.85. The van der Waals surface area contributed by atoms with Crippen molar-refractivity contribution in [3.63, 3.8) is 0 Å². The second-order valence-corrected chi connectivity index (χ2v) is 7.76. The van der Waals surface area contributed by atoms with Crippen molar-refractivity contribution in [3.05, 3.63) is 63.4 Å². The minimum atomic E-state index is -3.74. The van der Waals surface area contributed by atoms with E-state index in [1.165, 1.54) is 9.20 Å². The molecule has 2 N–H and O–H groups in total. The first-order valence-corrected chi connectivity index (χ1v) is 9.08. The van der Waals surface area contributed by atoms with E-state index in [2.05, 4.69) is 5.32 Å². The lowest BCUT2D eigenvalue weighted by Gasteiger charge is -2.21. The highest BCUT2D eigenvalue weighted by atomic mass is 32.2. The van der Waals surface area contributed by atoms with Gasteiger partial charge in [0.1, 0.15) is 11.1 Å². The van der Waals surface area contributed by atoms with E-state index in [4.69, 9.17) is 0 Å². The lowest BCUT2D eigenvalue weighted by molar-refractivity contribution is 0.468. The molecule has 1 aromatic carbocycles. The van der Waals surface area contributed by atoms with Crippen LogP contribution in [0.1, 0.15) is 11.1 Å². The number of aromatic hydroxyl groups is 1. The summed E-state index contributed by atoms with van der Waals surface area (Å²) in [5, 5.41) is 14.5. The Morgan fingerprint density at radius 3 is 2.72 bits per heavy atom. The van der Waals surface area contributed by atoms with Crippen LogP contribution in [0.2, 0.25) is 0 Å². The summed E-state index contributed by atoms with van der Waals surface area (Å²) >= 11 is 0. The molecule has 1 aliphatic rings. The number of sulfone groups is 1. The summed E-state index contributed by atoms with van der Waals surface area (Å²) in [5.41, 5.74) is 1.06. The van der Waals surface area contributed by atoms with E-state index in [1.807, 2.05) is 0 Å². The molecular formula is C17H15N3O4S. The standard InChI is InChI=1S/C17H15N3O4S/c1-10-5-6-11-14(8-10)25(23,24)9-12(18-11)15-16(21)13-4-3-7-20(13)19(2)17(15)22/h3-9,18,21H,1-2H3. The second kappa shape index (κ2) is 5.00. The lowest BCUT2D eigenvalue weighted by Crippen LogP contribution is -2.28. The minimum Gasteiger partial charge on any atom is -0.505 e. The number of nitrogens with zero attached hydrogens (tertiary/aromatic N) is 2. The van der Waals surface area contributed by atoms with E-state index < -0.39 is 15.4 Å². The van der Waals surface area contributed by atoms with Gasteiger partial charge in [0.25, 0.3) is 5.56 Å². The molecule has 0 aliphatic carbocycles. The Balaban J connectivity index is 2.02. The van der Waals surface area contributed by atoms with E-state index in [0.29, 0.717) is 11.2 Å². The summed E-state index contributed by atoms with van der Waals surface area (Å²) in [5.74, 6) is -0.266. The number of benzene rings is 1. The molecule has 0 spiro atoms. The van der Waals surface area contributed by atoms with Gasteiger partial charge in [-0.25, -0.2) is 13.1 Å². The molecule has 0 atom stereocenters. The SMILES string of the molecule is Cc1ccc2c(c1)S(=O)(=O)C=C(c1c(O)c3cccn3n(C)c1=O)N2. The van der Waals surface area contributed by atoms with Crippen LogP contribution < -0.4 is 10.9 Å². The largest absolute Gasteiger partial charge is 0.505 e. The first-order chi connectivity index (χ1) is 11.8. The number of hydrogen-bond donors (Lipinski definition) is 2. The Kier molecular flexibility index (Phi) is 3.10. The summed E-state index contributed by atoms with van der Waals surface area (Å²) in [6.45, 7) is 1.80. The summed E-state index contributed by atoms with van der Waals surface area (Å²) in [6, 6.07) is 8.33. The predicted molar refractivity (Wildman–Crippen MR) is 94.3 cm³/mol. The minimum absolute atomic E-state index is 0.0538. The summed E-state index contributed by atoms with van der Waals surface area (Å²) in [7, 11) is -2.19. The van der Waals surface area contributed by atoms with E-state index in [9.17, 15) is 18.3 Å². The van der Waals surface area contributed by atoms with Gasteiger partial charge in [-0.05, 0) is 36.8 Å². The van der Waals surface area contributed by atoms with Crippen molar-refractivity contribution in [1.29, 1.82) is 0 Å². The van der Waals surface area contributed by atoms with Gasteiger partial charge in [-0.3, -0.25) is 9.31 Å². The molecule has 1 aliphatic heterocycles. The molecule has 3 aromatic rings. The fourth-order valence-corrected chi connectivity index (χ4v) is 4.43. The van der Waals surface area contributed by atoms with E-state index in [0.717, 1.165) is 11.0 Å². The maximum Gasteiger partial charge on any atom is 0.278 e. The average Bonchev–Trinajstić information content (AvgIpc) is 3.03. The Hall–Kier alpha value is -3.00. The number of rotatable bonds is 1. The van der Waals surface area contributed by atoms with Crippen LogP contribution in [0.5, 0.6) is 5.75 Å². The zero-order valence-corrected chi connectivity index (χ0v) is 14.3. The number of anilines is 1. The third kappa shape index (κ3) is 2.18. The Morgan fingerprint density at radius 1 is 1.20 bits per heavy atom. The van der Waals surface area contributed by atoms with Crippen LogP contribution in [0, 0.1) is 6.92 Å². The zero-order chi connectivity index (χ0) is 17.9. The Labute approximate surface area is 143 Å². The van der Waals surface area contributed by atoms with Crippen LogP contribution >= 0.6 is 0 Å². The van der Waals surface area contributed by atoms with E-state index in [1.54, 1.807) is 50.5 Å². The van der Waals surface area contributed by atoms with Gasteiger partial charge in [-0.1, -0.05) is 6.07 Å². The molecule has 3 heterocycles. The third-order valence-electron chi connectivity index (χ3n) is 4.29. The normalized spacial score (nSPS) is 15.5. The fourth-order valence-electron chi connectivity index (χ4n) is 3.04. The van der Waals surface area contributed by atoms with Crippen LogP contribution in [-0.4, -0.2) is 22.7 Å². The van der Waals surface area contributed by atoms with Crippen molar-refractivity contribution in [2.24, 2.45) is 7.05 Å². The quantitative estimate of drug-likeness (QED) is 0.693. The highest BCUT2D eigenvalue weighted by Gasteiger charge is 2.28. The average molecular weight is 357 g/mol. The second-order valence-electron chi connectivity index (χ2n) is 5.99. The molecule has 0 bridgehead atoms. The molecule has 2 aromatic heterocycles. The smallest absolute Gasteiger partial charge is 0.278 e. The van der Waals surface area contributed by atoms with Gasteiger partial charge < -0.3 is 10.4 Å². The van der Waals surface area contributed by atoms with Gasteiger partial charge >= 0.3 is 0 Å². The molecule has 0 fully saturated rings. The molecule has 25 heavy (non-hydrogen) atoms. The van der Waals surface area contributed by atoms with Gasteiger partial charge in [0.2, 0.25) is 9.84 Å². The number of aromatic nitrogens is 2. The molecule has 7 nitrogen and oxygen atoms in total. The van der Waals surface area contributed by atoms with Gasteiger partial charge in [0.15, 0.2) is 5.75 Å². The Bertz CT molecular complexity index is 1230. The fraction of sp³-hybridized carbons (Fsp3) is 0.118. The highest BCUT2D eigenvalue weighted by Crippen LogP contribution is 2.36. The third-order valence-corrected chi connectivity index (χ3v) is 5.79. The van der Waals surface area contributed by atoms with Crippen molar-refractivity contribution in [2.75, 3.05) is 5.32 Å². The summed E-state index contributed by atoms with van der Waals surface area (Å²) in [4.78, 5) is 12.8. The number of aryl methyl sites for hydroxylation is 2. The van der Waals surface area contributed by atoms with Crippen molar-refractivity contribution >= 4 is 26.7 Å². The van der Waals surface area contributed by atoms with E-state index in [-0.39, 0.29) is 21.9 Å². The molecule has 0 saturated heterocycles. The number of fused-ring (bicyclic) bond motifs is 2. The van der Waals surface area contributed by atoms with Crippen LogP contribution in [0.25, 0.3) is 11.2 Å². The van der Waals surface area contributed by atoms with Crippen molar-refractivity contribution in [1.82, 2.24) is 9.20 Å². The van der Waals surface area contributed by atoms with Gasteiger partial charge in [0, 0.05) is 13.2 Å². The van der Waals surface area contributed by atoms with Gasteiger partial charge in [-0.2, -0.15) is 0 Å². The first-order valence-electron chi connectivity index (χ1n) is 7.54. The zero-order valence-electron chi connectivity index (χ0n) is 13.5. The van der Waals surface area contributed by atoms with Gasteiger partial charge in [0.05, 0.1) is 21.7 Å². The van der Waals surface area contributed by atoms with E-state index >= 15 is 0 Å². The van der Waals surface area contributed by atoms with Crippen LogP contribution in [0.4, 0.5) is 5.69 Å². The van der Waals surface area contributed by atoms with Crippen LogP contribution in [0.15, 0.2) is 51.6 Å². The maximum atomic E-state index is 12.7. The van der Waals surface area contributed by atoms with Crippen molar-refractivity contribution in [3.8, 4) is 5.75 Å². The molecule has 128 valence electrons. The van der Waals surface area contributed by atoms with Gasteiger partial charge in [-0.15, -0.1) is 0 Å². The van der Waals surface area contributed by atoms with Crippen molar-refractivity contribution < 1.29 is 13.5 Å². The molecule has 0 amide bonds. The molecule has 0 unspecified atom stereocenters.